The van der Waals surface area contributed by atoms with Crippen LogP contribution in [0.5, 0.6) is 0 Å². The van der Waals surface area contributed by atoms with Gasteiger partial charge in [0, 0.05) is 17.5 Å². The number of hydrogen-bond acceptors (Lipinski definition) is 5. The normalized spacial score (nSPS) is 23.2. The molecule has 2 unspecified atom stereocenters. The van der Waals surface area contributed by atoms with E-state index in [2.05, 4.69) is 22.2 Å². The maximum absolute atomic E-state index is 14.0. The minimum Gasteiger partial charge on any atom is -0.343 e. The summed E-state index contributed by atoms with van der Waals surface area (Å²) in [5, 5.41) is 12.5. The highest BCUT2D eigenvalue weighted by Gasteiger charge is 2.45. The van der Waals surface area contributed by atoms with Gasteiger partial charge in [-0.25, -0.2) is 9.82 Å². The number of nitrogens with one attached hydrogen (secondary N) is 3. The Hall–Kier alpha value is -3.77. The number of benzene rings is 2. The second-order valence-electron chi connectivity index (χ2n) is 11.3. The average molecular weight is 534 g/mol. The summed E-state index contributed by atoms with van der Waals surface area (Å²) < 4.78 is 14.0. The van der Waals surface area contributed by atoms with Crippen molar-refractivity contribution in [3.8, 4) is 6.07 Å². The van der Waals surface area contributed by atoms with Crippen molar-refractivity contribution < 1.29 is 18.8 Å². The summed E-state index contributed by atoms with van der Waals surface area (Å²) in [6.07, 6.45) is 2.52. The Morgan fingerprint density at radius 1 is 1.21 bits per heavy atom. The molecule has 2 saturated heterocycles. The molecule has 0 bridgehead atoms. The van der Waals surface area contributed by atoms with Crippen LogP contribution in [0.25, 0.3) is 0 Å². The van der Waals surface area contributed by atoms with Crippen molar-refractivity contribution in [2.45, 2.75) is 71.5 Å². The molecule has 206 valence electrons. The number of hydrazine groups is 1. The lowest BCUT2D eigenvalue weighted by Gasteiger charge is -2.36. The molecule has 2 aromatic carbocycles. The molecule has 0 aromatic heterocycles. The zero-order valence-electron chi connectivity index (χ0n) is 22.9. The number of rotatable bonds is 7. The number of carbonyl (C=O) groups is 3. The van der Waals surface area contributed by atoms with E-state index in [9.17, 15) is 24.0 Å². The molecule has 8 nitrogen and oxygen atoms in total. The van der Waals surface area contributed by atoms with Crippen LogP contribution in [0, 0.1) is 35.4 Å². The van der Waals surface area contributed by atoms with E-state index in [-0.39, 0.29) is 54.1 Å². The fourth-order valence-electron chi connectivity index (χ4n) is 5.73. The fraction of sp³-hybridized carbons (Fsp3) is 0.467. The smallest absolute Gasteiger partial charge is 0.251 e. The molecule has 2 aliphatic heterocycles. The van der Waals surface area contributed by atoms with E-state index in [1.807, 2.05) is 19.9 Å². The van der Waals surface area contributed by atoms with Crippen molar-refractivity contribution in [2.24, 2.45) is 11.3 Å². The lowest BCUT2D eigenvalue weighted by Crippen LogP contribution is -2.52. The highest BCUT2D eigenvalue weighted by molar-refractivity contribution is 5.96. The second kappa shape index (κ2) is 11.5. The van der Waals surface area contributed by atoms with Crippen LogP contribution in [-0.4, -0.2) is 41.2 Å². The lowest BCUT2D eigenvalue weighted by atomic mass is 9.84. The molecule has 2 aliphatic rings. The SMILES string of the molecule is Cc1cc(C(=O)NCC(=O)N2[C@H](c3cccc(F)c3)CC[C@@H]2C(C)(C)C#N)ccc1CC1CC(C)NNC1=O. The Morgan fingerprint density at radius 3 is 2.67 bits per heavy atom. The number of nitrogens with zero attached hydrogens (tertiary/aromatic N) is 2. The van der Waals surface area contributed by atoms with Gasteiger partial charge in [0.25, 0.3) is 5.91 Å². The molecule has 0 spiro atoms. The summed E-state index contributed by atoms with van der Waals surface area (Å²) >= 11 is 0. The number of nitriles is 1. The predicted molar refractivity (Wildman–Crippen MR) is 144 cm³/mol. The molecular formula is C30H36FN5O3. The van der Waals surface area contributed by atoms with Crippen LogP contribution in [0.4, 0.5) is 4.39 Å². The highest BCUT2D eigenvalue weighted by atomic mass is 19.1. The van der Waals surface area contributed by atoms with Crippen LogP contribution in [0.15, 0.2) is 42.5 Å². The zero-order valence-corrected chi connectivity index (χ0v) is 22.9. The van der Waals surface area contributed by atoms with E-state index in [1.54, 1.807) is 43.0 Å². The van der Waals surface area contributed by atoms with E-state index in [0.29, 0.717) is 30.4 Å². The standard InChI is InChI=1S/C30H36FN5O3/c1-18-12-22(9-8-20(18)14-23-13-19(2)34-35-29(23)39)28(38)33-16-27(37)36-25(21-6-5-7-24(31)15-21)10-11-26(36)30(3,4)17-32/h5-9,12,15,19,23,25-26,34H,10-11,13-14,16H2,1-4H3,(H,33,38)(H,35,39)/t19?,23?,25-,26+/m0/s1. The van der Waals surface area contributed by atoms with Crippen LogP contribution in [-0.2, 0) is 16.0 Å². The van der Waals surface area contributed by atoms with E-state index in [4.69, 9.17) is 0 Å². The molecule has 3 amide bonds. The minimum absolute atomic E-state index is 0.0378. The molecule has 2 fully saturated rings. The van der Waals surface area contributed by atoms with Gasteiger partial charge in [-0.1, -0.05) is 18.2 Å². The molecule has 9 heteroatoms. The van der Waals surface area contributed by atoms with Crippen LogP contribution in [0.2, 0.25) is 0 Å². The maximum atomic E-state index is 14.0. The van der Waals surface area contributed by atoms with Crippen molar-refractivity contribution in [3.63, 3.8) is 0 Å². The van der Waals surface area contributed by atoms with E-state index < -0.39 is 5.41 Å². The summed E-state index contributed by atoms with van der Waals surface area (Å²) in [7, 11) is 0. The van der Waals surface area contributed by atoms with Gasteiger partial charge in [0.2, 0.25) is 11.8 Å². The molecule has 2 aromatic rings. The van der Waals surface area contributed by atoms with Crippen LogP contribution >= 0.6 is 0 Å². The molecule has 0 saturated carbocycles. The number of aryl methyl sites for hydroxylation is 1. The summed E-state index contributed by atoms with van der Waals surface area (Å²) in [6.45, 7) is 7.27. The monoisotopic (exact) mass is 533 g/mol. The molecule has 4 atom stereocenters. The average Bonchev–Trinajstić information content (AvgIpc) is 3.37. The first-order valence-electron chi connectivity index (χ1n) is 13.4. The molecule has 39 heavy (non-hydrogen) atoms. The fourth-order valence-corrected chi connectivity index (χ4v) is 5.73. The zero-order chi connectivity index (χ0) is 28.3. The first-order chi connectivity index (χ1) is 18.5. The maximum Gasteiger partial charge on any atom is 0.251 e. The van der Waals surface area contributed by atoms with Crippen molar-refractivity contribution in [1.29, 1.82) is 5.26 Å². The van der Waals surface area contributed by atoms with Gasteiger partial charge in [0.1, 0.15) is 5.82 Å². The summed E-state index contributed by atoms with van der Waals surface area (Å²) in [5.41, 5.74) is 7.83. The van der Waals surface area contributed by atoms with E-state index in [0.717, 1.165) is 17.5 Å². The Bertz CT molecular complexity index is 1300. The number of likely N-dealkylation sites (tertiary alicyclic amines) is 1. The summed E-state index contributed by atoms with van der Waals surface area (Å²) in [6, 6.07) is 13.3. The van der Waals surface area contributed by atoms with Gasteiger partial charge in [0.05, 0.1) is 30.1 Å². The Morgan fingerprint density at radius 2 is 1.97 bits per heavy atom. The topological polar surface area (TPSA) is 114 Å². The van der Waals surface area contributed by atoms with Crippen molar-refractivity contribution in [2.75, 3.05) is 6.54 Å². The minimum atomic E-state index is -0.808. The van der Waals surface area contributed by atoms with Crippen LogP contribution < -0.4 is 16.2 Å². The van der Waals surface area contributed by atoms with Crippen LogP contribution in [0.3, 0.4) is 0 Å². The quantitative estimate of drug-likeness (QED) is 0.502. The van der Waals surface area contributed by atoms with Crippen LogP contribution in [0.1, 0.15) is 73.1 Å². The third kappa shape index (κ3) is 6.28. The molecule has 0 aliphatic carbocycles. The Kier molecular flexibility index (Phi) is 8.36. The van der Waals surface area contributed by atoms with Crippen molar-refractivity contribution in [1.82, 2.24) is 21.1 Å². The summed E-state index contributed by atoms with van der Waals surface area (Å²) in [4.78, 5) is 40.3. The lowest BCUT2D eigenvalue weighted by molar-refractivity contribution is -0.134. The molecule has 0 radical (unpaired) electrons. The van der Waals surface area contributed by atoms with E-state index in [1.165, 1.54) is 12.1 Å². The number of carbonyl (C=O) groups excluding carboxylic acids is 3. The second-order valence-corrected chi connectivity index (χ2v) is 11.3. The van der Waals surface area contributed by atoms with E-state index >= 15 is 0 Å². The largest absolute Gasteiger partial charge is 0.343 e. The number of amides is 3. The molecular weight excluding hydrogens is 497 g/mol. The first kappa shape index (κ1) is 28.2. The highest BCUT2D eigenvalue weighted by Crippen LogP contribution is 2.43. The number of halogens is 1. The third-order valence-corrected chi connectivity index (χ3v) is 7.95. The molecule has 2 heterocycles. The molecule has 4 rings (SSSR count). The Labute approximate surface area is 228 Å². The summed E-state index contributed by atoms with van der Waals surface area (Å²) in [5.74, 6) is -1.27. The van der Waals surface area contributed by atoms with Gasteiger partial charge in [-0.2, -0.15) is 5.26 Å². The number of hydrogen-bond donors (Lipinski definition) is 3. The third-order valence-electron chi connectivity index (χ3n) is 7.95. The van der Waals surface area contributed by atoms with Gasteiger partial charge < -0.3 is 10.2 Å². The van der Waals surface area contributed by atoms with Crippen molar-refractivity contribution >= 4 is 17.7 Å². The Balaban J connectivity index is 1.45. The van der Waals surface area contributed by atoms with Gasteiger partial charge in [-0.3, -0.25) is 19.8 Å². The van der Waals surface area contributed by atoms with Crippen molar-refractivity contribution in [3.05, 3.63) is 70.5 Å². The van der Waals surface area contributed by atoms with Gasteiger partial charge in [0.15, 0.2) is 0 Å². The van der Waals surface area contributed by atoms with Gasteiger partial charge >= 0.3 is 0 Å². The van der Waals surface area contributed by atoms with Gasteiger partial charge in [-0.15, -0.1) is 0 Å². The van der Waals surface area contributed by atoms with Gasteiger partial charge in [-0.05, 0) is 94.3 Å². The first-order valence-corrected chi connectivity index (χ1v) is 13.4. The molecule has 3 N–H and O–H groups in total. The predicted octanol–water partition coefficient (Wildman–Crippen LogP) is 3.72.